The summed E-state index contributed by atoms with van der Waals surface area (Å²) in [6, 6.07) is 0. The molecule has 0 rings (SSSR count). The van der Waals surface area contributed by atoms with Gasteiger partial charge < -0.3 is 9.79 Å². The second-order valence-electron chi connectivity index (χ2n) is 4.94. The van der Waals surface area contributed by atoms with E-state index in [1.165, 1.54) is 26.2 Å². The van der Waals surface area contributed by atoms with E-state index in [4.69, 9.17) is 9.79 Å². The van der Waals surface area contributed by atoms with Crippen molar-refractivity contribution in [1.82, 2.24) is 0 Å². The van der Waals surface area contributed by atoms with Crippen molar-refractivity contribution in [3.8, 4) is 0 Å². The zero-order chi connectivity index (χ0) is 14.2. The molecule has 0 bridgehead atoms. The minimum atomic E-state index is -4.50. The molecule has 0 saturated heterocycles. The molecule has 6 heteroatoms. The summed E-state index contributed by atoms with van der Waals surface area (Å²) in [4.78, 5) is 17.9. The molecule has 0 amide bonds. The van der Waals surface area contributed by atoms with Crippen molar-refractivity contribution in [3.63, 3.8) is 0 Å². The molecular weight excluding hydrogens is 277 g/mol. The van der Waals surface area contributed by atoms with Gasteiger partial charge in [0.15, 0.2) is 0 Å². The second kappa shape index (κ2) is 8.57. The SMILES string of the molecule is CCCCCCCCCC(C)C(F)(F)P(O)(O)=S. The number of hydrogen-bond acceptors (Lipinski definition) is 1. The van der Waals surface area contributed by atoms with Crippen molar-refractivity contribution in [3.05, 3.63) is 0 Å². The van der Waals surface area contributed by atoms with Crippen LogP contribution in [0.15, 0.2) is 0 Å². The highest BCUT2D eigenvalue weighted by molar-refractivity contribution is 8.09. The van der Waals surface area contributed by atoms with Gasteiger partial charge in [0, 0.05) is 5.92 Å². The summed E-state index contributed by atoms with van der Waals surface area (Å²) in [6.07, 6.45) is 7.74. The molecular formula is C12H25F2O2PS. The monoisotopic (exact) mass is 302 g/mol. The van der Waals surface area contributed by atoms with Gasteiger partial charge in [-0.05, 0) is 18.2 Å². The van der Waals surface area contributed by atoms with E-state index >= 15 is 0 Å². The van der Waals surface area contributed by atoms with Gasteiger partial charge >= 0.3 is 5.66 Å². The van der Waals surface area contributed by atoms with Gasteiger partial charge in [0.25, 0.3) is 6.49 Å². The molecule has 0 aromatic rings. The van der Waals surface area contributed by atoms with Crippen LogP contribution in [0.1, 0.15) is 65.2 Å². The highest BCUT2D eigenvalue weighted by atomic mass is 32.5. The van der Waals surface area contributed by atoms with Gasteiger partial charge in [-0.15, -0.1) is 0 Å². The van der Waals surface area contributed by atoms with Crippen LogP contribution >= 0.6 is 6.49 Å². The Labute approximate surface area is 114 Å². The Bertz CT molecular complexity index is 269. The van der Waals surface area contributed by atoms with Crippen LogP contribution in [0.3, 0.4) is 0 Å². The number of unbranched alkanes of at least 4 members (excludes halogenated alkanes) is 6. The van der Waals surface area contributed by atoms with E-state index in [-0.39, 0.29) is 0 Å². The van der Waals surface area contributed by atoms with E-state index in [0.29, 0.717) is 12.8 Å². The van der Waals surface area contributed by atoms with Gasteiger partial charge in [-0.25, -0.2) is 0 Å². The molecule has 0 radical (unpaired) electrons. The summed E-state index contributed by atoms with van der Waals surface area (Å²) in [7, 11) is 0. The maximum atomic E-state index is 13.4. The van der Waals surface area contributed by atoms with E-state index in [0.717, 1.165) is 19.3 Å². The van der Waals surface area contributed by atoms with Crippen molar-refractivity contribution in [2.45, 2.75) is 70.9 Å². The molecule has 0 aliphatic carbocycles. The van der Waals surface area contributed by atoms with E-state index in [9.17, 15) is 8.78 Å². The van der Waals surface area contributed by atoms with Gasteiger partial charge in [0.1, 0.15) is 0 Å². The van der Waals surface area contributed by atoms with Crippen LogP contribution in [0.4, 0.5) is 8.78 Å². The summed E-state index contributed by atoms with van der Waals surface area (Å²) in [5.41, 5.74) is -3.52. The molecule has 0 aliphatic rings. The summed E-state index contributed by atoms with van der Waals surface area (Å²) in [5.74, 6) is -1.06. The molecule has 2 N–H and O–H groups in total. The maximum Gasteiger partial charge on any atom is 0.322 e. The lowest BCUT2D eigenvalue weighted by Crippen LogP contribution is -2.25. The summed E-state index contributed by atoms with van der Waals surface area (Å²) < 4.78 is 26.9. The molecule has 2 nitrogen and oxygen atoms in total. The average Bonchev–Trinajstić information content (AvgIpc) is 2.26. The third-order valence-corrected chi connectivity index (χ3v) is 5.17. The van der Waals surface area contributed by atoms with Crippen molar-refractivity contribution < 1.29 is 18.6 Å². The molecule has 0 aromatic carbocycles. The molecule has 1 unspecified atom stereocenters. The fourth-order valence-electron chi connectivity index (χ4n) is 1.87. The van der Waals surface area contributed by atoms with Crippen LogP contribution in [0.5, 0.6) is 0 Å². The lowest BCUT2D eigenvalue weighted by Gasteiger charge is -2.26. The third-order valence-electron chi connectivity index (χ3n) is 3.22. The molecule has 0 spiro atoms. The molecule has 0 saturated carbocycles. The molecule has 1 atom stereocenters. The fraction of sp³-hybridized carbons (Fsp3) is 1.00. The summed E-state index contributed by atoms with van der Waals surface area (Å²) in [6.45, 7) is -1.01. The number of rotatable bonds is 10. The highest BCUT2D eigenvalue weighted by Gasteiger charge is 2.48. The first-order chi connectivity index (χ1) is 8.23. The zero-order valence-electron chi connectivity index (χ0n) is 11.2. The van der Waals surface area contributed by atoms with E-state index in [1.54, 1.807) is 0 Å². The maximum absolute atomic E-state index is 13.4. The van der Waals surface area contributed by atoms with E-state index < -0.39 is 18.1 Å². The molecule has 110 valence electrons. The molecule has 0 fully saturated rings. The first-order valence-electron chi connectivity index (χ1n) is 6.67. The smallest absolute Gasteiger partial charge is 0.322 e. The molecule has 18 heavy (non-hydrogen) atoms. The largest absolute Gasteiger partial charge is 0.341 e. The van der Waals surface area contributed by atoms with Gasteiger partial charge in [-0.2, -0.15) is 8.78 Å². The Balaban J connectivity index is 3.77. The van der Waals surface area contributed by atoms with E-state index in [2.05, 4.69) is 18.7 Å². The first kappa shape index (κ1) is 18.4. The van der Waals surface area contributed by atoms with Crippen LogP contribution in [0.25, 0.3) is 0 Å². The normalized spacial score (nSPS) is 14.8. The van der Waals surface area contributed by atoms with Gasteiger partial charge in [0.05, 0.1) is 0 Å². The lowest BCUT2D eigenvalue weighted by atomic mass is 10.0. The van der Waals surface area contributed by atoms with Gasteiger partial charge in [0.2, 0.25) is 0 Å². The minimum Gasteiger partial charge on any atom is -0.341 e. The number of halogens is 2. The number of hydrogen-bond donors (Lipinski definition) is 2. The summed E-state index contributed by atoms with van der Waals surface area (Å²) >= 11 is 4.12. The Kier molecular flexibility index (Phi) is 8.78. The topological polar surface area (TPSA) is 40.5 Å². The van der Waals surface area contributed by atoms with Crippen LogP contribution in [-0.2, 0) is 11.8 Å². The third kappa shape index (κ3) is 6.55. The first-order valence-corrected chi connectivity index (χ1v) is 9.37. The van der Waals surface area contributed by atoms with Crippen LogP contribution in [0.2, 0.25) is 0 Å². The lowest BCUT2D eigenvalue weighted by molar-refractivity contribution is 0.0148. The van der Waals surface area contributed by atoms with Crippen molar-refractivity contribution in [2.75, 3.05) is 0 Å². The van der Waals surface area contributed by atoms with E-state index in [1.807, 2.05) is 0 Å². The van der Waals surface area contributed by atoms with Crippen molar-refractivity contribution in [2.24, 2.45) is 5.92 Å². The predicted octanol–water partition coefficient (Wildman–Crippen LogP) is 4.65. The molecule has 0 aromatic heterocycles. The van der Waals surface area contributed by atoms with Crippen molar-refractivity contribution in [1.29, 1.82) is 0 Å². The molecule has 0 aliphatic heterocycles. The van der Waals surface area contributed by atoms with Crippen LogP contribution < -0.4 is 0 Å². The fourth-order valence-corrected chi connectivity index (χ4v) is 3.11. The quantitative estimate of drug-likeness (QED) is 0.456. The Morgan fingerprint density at radius 2 is 1.50 bits per heavy atom. The van der Waals surface area contributed by atoms with Crippen LogP contribution in [0, 0.1) is 5.92 Å². The average molecular weight is 302 g/mol. The second-order valence-corrected chi connectivity index (χ2v) is 8.15. The molecule has 0 heterocycles. The number of alkyl halides is 2. The predicted molar refractivity (Wildman–Crippen MR) is 75.4 cm³/mol. The highest BCUT2D eigenvalue weighted by Crippen LogP contribution is 2.57. The Hall–Kier alpha value is 0.430. The Morgan fingerprint density at radius 1 is 1.06 bits per heavy atom. The Morgan fingerprint density at radius 3 is 1.94 bits per heavy atom. The van der Waals surface area contributed by atoms with Crippen molar-refractivity contribution >= 4 is 18.3 Å². The van der Waals surface area contributed by atoms with Crippen LogP contribution in [-0.4, -0.2) is 15.5 Å². The minimum absolute atomic E-state index is 0.292. The summed E-state index contributed by atoms with van der Waals surface area (Å²) in [5, 5.41) is 0. The van der Waals surface area contributed by atoms with Gasteiger partial charge in [-0.3, -0.25) is 0 Å². The van der Waals surface area contributed by atoms with Gasteiger partial charge in [-0.1, -0.05) is 58.8 Å². The zero-order valence-corrected chi connectivity index (χ0v) is 13.0. The standard InChI is InChI=1S/C12H25F2O2PS/c1-3-4-5-6-7-8-9-10-11(2)12(13,14)17(15,16)18/h11H,3-10H2,1-2H3,(H2,15,16,18).